The summed E-state index contributed by atoms with van der Waals surface area (Å²) < 4.78 is 11.8. The summed E-state index contributed by atoms with van der Waals surface area (Å²) in [4.78, 5) is 61.7. The van der Waals surface area contributed by atoms with Gasteiger partial charge < -0.3 is 9.15 Å². The van der Waals surface area contributed by atoms with E-state index in [0.717, 1.165) is 6.07 Å². The molecule has 0 unspecified atom stereocenters. The molecule has 1 aliphatic rings. The van der Waals surface area contributed by atoms with Gasteiger partial charge in [-0.25, -0.2) is 9.59 Å². The number of oxazole rings is 1. The number of aryl methyl sites for hydroxylation is 1. The second-order valence-electron chi connectivity index (χ2n) is 7.82. The van der Waals surface area contributed by atoms with Gasteiger partial charge >= 0.3 is 11.7 Å². The third kappa shape index (κ3) is 3.61. The Morgan fingerprint density at radius 3 is 2.34 bits per heavy atom. The highest BCUT2D eigenvalue weighted by atomic mass is 16.6. The molecule has 0 saturated carbocycles. The van der Waals surface area contributed by atoms with Crippen molar-refractivity contribution >= 4 is 34.3 Å². The molecule has 10 heteroatoms. The van der Waals surface area contributed by atoms with Crippen LogP contribution in [0.1, 0.15) is 48.6 Å². The van der Waals surface area contributed by atoms with E-state index in [1.54, 1.807) is 36.4 Å². The van der Waals surface area contributed by atoms with E-state index in [9.17, 15) is 29.3 Å². The molecule has 0 amide bonds. The van der Waals surface area contributed by atoms with Gasteiger partial charge in [0.25, 0.3) is 5.69 Å². The van der Waals surface area contributed by atoms with E-state index in [2.05, 4.69) is 0 Å². The molecule has 1 aromatic heterocycles. The van der Waals surface area contributed by atoms with E-state index < -0.39 is 45.0 Å². The number of carbonyl (C=O) groups is 3. The number of nitro groups is 1. The van der Waals surface area contributed by atoms with Crippen LogP contribution in [0.4, 0.5) is 5.69 Å². The first-order chi connectivity index (χ1) is 16.9. The van der Waals surface area contributed by atoms with Crippen LogP contribution in [0.15, 0.2) is 69.9 Å². The number of nitrogens with zero attached hydrogens (tertiary/aromatic N) is 2. The van der Waals surface area contributed by atoms with E-state index in [1.807, 2.05) is 0 Å². The van der Waals surface area contributed by atoms with E-state index in [4.69, 9.17) is 9.15 Å². The van der Waals surface area contributed by atoms with Gasteiger partial charge in [0.2, 0.25) is 5.78 Å². The molecule has 10 nitrogen and oxygen atoms in total. The van der Waals surface area contributed by atoms with E-state index in [1.165, 1.54) is 22.8 Å². The Morgan fingerprint density at radius 2 is 1.60 bits per heavy atom. The quantitative estimate of drug-likeness (QED) is 0.158. The van der Waals surface area contributed by atoms with Gasteiger partial charge in [-0.3, -0.25) is 24.3 Å². The summed E-state index contributed by atoms with van der Waals surface area (Å²) in [5, 5.41) is 11.9. The smallest absolute Gasteiger partial charge is 0.419 e. The molecule has 5 rings (SSSR count). The van der Waals surface area contributed by atoms with Gasteiger partial charge in [0.15, 0.2) is 11.4 Å². The van der Waals surface area contributed by atoms with Gasteiger partial charge in [-0.1, -0.05) is 36.4 Å². The number of ether oxygens (including phenoxy) is 1. The Labute approximate surface area is 196 Å². The molecule has 0 bridgehead atoms. The zero-order valence-electron chi connectivity index (χ0n) is 18.1. The van der Waals surface area contributed by atoms with Crippen molar-refractivity contribution in [1.29, 1.82) is 0 Å². The number of para-hydroxylation sites is 2. The van der Waals surface area contributed by atoms with Crippen molar-refractivity contribution in [2.45, 2.75) is 13.0 Å². The minimum atomic E-state index is -1.01. The molecule has 1 heterocycles. The number of hydrogen-bond donors (Lipinski definition) is 0. The first-order valence-corrected chi connectivity index (χ1v) is 10.6. The van der Waals surface area contributed by atoms with Gasteiger partial charge in [-0.2, -0.15) is 0 Å². The van der Waals surface area contributed by atoms with Crippen LogP contribution < -0.4 is 5.76 Å². The number of hydrogen-bond acceptors (Lipinski definition) is 8. The average Bonchev–Trinajstić information content (AvgIpc) is 3.18. The minimum absolute atomic E-state index is 0.0383. The Kier molecular flexibility index (Phi) is 5.33. The maximum Gasteiger partial charge on any atom is 0.419 e. The first-order valence-electron chi connectivity index (χ1n) is 10.6. The molecular formula is C25H16N2O8. The maximum absolute atomic E-state index is 13.0. The molecule has 0 atom stereocenters. The Bertz CT molecular complexity index is 1610. The SMILES string of the molecule is O=C1c2ccccc2C(=O)c2c1ccc(C(=O)OCCCn1c(=O)oc3ccccc31)c2[N+](=O)[O-]. The monoisotopic (exact) mass is 472 g/mol. The van der Waals surface area contributed by atoms with Crippen LogP contribution >= 0.6 is 0 Å². The molecule has 35 heavy (non-hydrogen) atoms. The number of esters is 1. The third-order valence-corrected chi connectivity index (χ3v) is 5.80. The summed E-state index contributed by atoms with van der Waals surface area (Å²) in [6.07, 6.45) is 0.235. The first kappa shape index (κ1) is 22.0. The summed E-state index contributed by atoms with van der Waals surface area (Å²) in [7, 11) is 0. The molecule has 0 fully saturated rings. The van der Waals surface area contributed by atoms with E-state index >= 15 is 0 Å². The van der Waals surface area contributed by atoms with Crippen LogP contribution in [0.5, 0.6) is 0 Å². The molecule has 174 valence electrons. The summed E-state index contributed by atoms with van der Waals surface area (Å²) in [6.45, 7) is 0.0495. The van der Waals surface area contributed by atoms with Crippen LogP contribution in [0.2, 0.25) is 0 Å². The number of aromatic nitrogens is 1. The highest BCUT2D eigenvalue weighted by molar-refractivity contribution is 6.30. The lowest BCUT2D eigenvalue weighted by Crippen LogP contribution is -2.24. The van der Waals surface area contributed by atoms with E-state index in [0.29, 0.717) is 11.1 Å². The molecule has 4 aromatic rings. The van der Waals surface area contributed by atoms with Gasteiger partial charge in [-0.05, 0) is 30.7 Å². The summed E-state index contributed by atoms with van der Waals surface area (Å²) >= 11 is 0. The lowest BCUT2D eigenvalue weighted by atomic mass is 9.82. The van der Waals surface area contributed by atoms with Gasteiger partial charge in [0.1, 0.15) is 11.1 Å². The zero-order valence-corrected chi connectivity index (χ0v) is 18.1. The second kappa shape index (κ2) is 8.49. The van der Waals surface area contributed by atoms with Crippen LogP contribution in [0.25, 0.3) is 11.1 Å². The standard InChI is InChI=1S/C25H16N2O8/c28-22-14-6-1-2-7-15(14)23(29)20-16(22)10-11-17(21(20)27(32)33)24(30)34-13-5-12-26-18-8-3-4-9-19(18)35-25(26)31/h1-4,6-11H,5,12-13H2. The van der Waals surface area contributed by atoms with Crippen LogP contribution in [-0.4, -0.2) is 33.6 Å². The summed E-state index contributed by atoms with van der Waals surface area (Å²) in [5.41, 5.74) is -0.545. The summed E-state index contributed by atoms with van der Waals surface area (Å²) in [5.74, 6) is -2.80. The lowest BCUT2D eigenvalue weighted by Gasteiger charge is -2.18. The Morgan fingerprint density at radius 1 is 0.914 bits per heavy atom. The van der Waals surface area contributed by atoms with Crippen LogP contribution in [0.3, 0.4) is 0 Å². The Hall–Kier alpha value is -4.86. The predicted molar refractivity (Wildman–Crippen MR) is 122 cm³/mol. The second-order valence-corrected chi connectivity index (χ2v) is 7.82. The number of ketones is 2. The number of benzene rings is 3. The summed E-state index contributed by atoms with van der Waals surface area (Å²) in [6, 6.07) is 15.2. The van der Waals surface area contributed by atoms with Crippen molar-refractivity contribution in [3.63, 3.8) is 0 Å². The van der Waals surface area contributed by atoms with Crippen molar-refractivity contribution in [2.75, 3.05) is 6.61 Å². The van der Waals surface area contributed by atoms with Crippen molar-refractivity contribution in [3.05, 3.63) is 109 Å². The third-order valence-electron chi connectivity index (χ3n) is 5.80. The van der Waals surface area contributed by atoms with E-state index in [-0.39, 0.29) is 36.3 Å². The fourth-order valence-electron chi connectivity index (χ4n) is 4.21. The fourth-order valence-corrected chi connectivity index (χ4v) is 4.21. The molecule has 1 aliphatic carbocycles. The number of rotatable bonds is 6. The maximum atomic E-state index is 13.0. The highest BCUT2D eigenvalue weighted by Gasteiger charge is 2.38. The highest BCUT2D eigenvalue weighted by Crippen LogP contribution is 2.35. The van der Waals surface area contributed by atoms with Gasteiger partial charge in [-0.15, -0.1) is 0 Å². The largest absolute Gasteiger partial charge is 0.462 e. The zero-order chi connectivity index (χ0) is 24.7. The number of nitro benzene ring substituents is 1. The average molecular weight is 472 g/mol. The topological polar surface area (TPSA) is 139 Å². The number of carbonyl (C=O) groups excluding carboxylic acids is 3. The van der Waals surface area contributed by atoms with Crippen molar-refractivity contribution < 1.29 is 28.5 Å². The molecule has 0 N–H and O–H groups in total. The van der Waals surface area contributed by atoms with Crippen LogP contribution in [0, 0.1) is 10.1 Å². The van der Waals surface area contributed by atoms with Crippen LogP contribution in [-0.2, 0) is 11.3 Å². The number of fused-ring (bicyclic) bond motifs is 3. The minimum Gasteiger partial charge on any atom is -0.462 e. The molecule has 3 aromatic carbocycles. The predicted octanol–water partition coefficient (Wildman–Crippen LogP) is 3.53. The Balaban J connectivity index is 1.38. The molecule has 0 radical (unpaired) electrons. The molecule has 0 aliphatic heterocycles. The molecular weight excluding hydrogens is 456 g/mol. The normalized spacial score (nSPS) is 12.3. The molecule has 0 spiro atoms. The van der Waals surface area contributed by atoms with Crippen molar-refractivity contribution in [2.24, 2.45) is 0 Å². The fraction of sp³-hybridized carbons (Fsp3) is 0.120. The van der Waals surface area contributed by atoms with Gasteiger partial charge in [0.05, 0.1) is 17.0 Å². The van der Waals surface area contributed by atoms with Crippen molar-refractivity contribution in [1.82, 2.24) is 4.57 Å². The van der Waals surface area contributed by atoms with Crippen molar-refractivity contribution in [3.8, 4) is 0 Å². The lowest BCUT2D eigenvalue weighted by molar-refractivity contribution is -0.385. The van der Waals surface area contributed by atoms with Gasteiger partial charge in [0, 0.05) is 23.2 Å². The molecule has 0 saturated heterocycles.